The monoisotopic (exact) mass is 279 g/mol. The number of nitrogens with one attached hydrogen (secondary N) is 1. The fraction of sp³-hybridized carbons (Fsp3) is 0.625. The first kappa shape index (κ1) is 15.1. The molecule has 1 aliphatic heterocycles. The Balaban J connectivity index is 2.18. The predicted molar refractivity (Wildman–Crippen MR) is 79.6 cm³/mol. The van der Waals surface area contributed by atoms with E-state index < -0.39 is 0 Å². The van der Waals surface area contributed by atoms with Crippen LogP contribution in [0.4, 0.5) is 0 Å². The number of ether oxygens (including phenoxy) is 3. The summed E-state index contributed by atoms with van der Waals surface area (Å²) in [5.41, 5.74) is 1.18. The summed E-state index contributed by atoms with van der Waals surface area (Å²) in [4.78, 5) is 0. The maximum atomic E-state index is 5.76. The van der Waals surface area contributed by atoms with Crippen LogP contribution in [0.25, 0.3) is 0 Å². The molecule has 0 bridgehead atoms. The molecule has 1 N–H and O–H groups in total. The molecule has 2 unspecified atom stereocenters. The topological polar surface area (TPSA) is 39.7 Å². The van der Waals surface area contributed by atoms with Crippen molar-refractivity contribution in [2.75, 3.05) is 26.4 Å². The Labute approximate surface area is 121 Å². The van der Waals surface area contributed by atoms with E-state index in [-0.39, 0.29) is 12.1 Å². The zero-order valence-corrected chi connectivity index (χ0v) is 12.6. The fourth-order valence-corrected chi connectivity index (χ4v) is 2.47. The average molecular weight is 279 g/mol. The van der Waals surface area contributed by atoms with E-state index in [2.05, 4.69) is 31.3 Å². The van der Waals surface area contributed by atoms with Gasteiger partial charge >= 0.3 is 0 Å². The highest BCUT2D eigenvalue weighted by Gasteiger charge is 2.21. The maximum absolute atomic E-state index is 5.76. The molecule has 2 rings (SSSR count). The van der Waals surface area contributed by atoms with Crippen molar-refractivity contribution in [3.63, 3.8) is 0 Å². The Morgan fingerprint density at radius 3 is 2.65 bits per heavy atom. The molecule has 0 saturated heterocycles. The Hall–Kier alpha value is -1.26. The van der Waals surface area contributed by atoms with Gasteiger partial charge in [0.25, 0.3) is 0 Å². The number of fused-ring (bicyclic) bond motifs is 1. The summed E-state index contributed by atoms with van der Waals surface area (Å²) in [5, 5.41) is 3.56. The minimum atomic E-state index is 0.120. The van der Waals surface area contributed by atoms with Gasteiger partial charge in [-0.25, -0.2) is 0 Å². The Morgan fingerprint density at radius 2 is 1.95 bits per heavy atom. The fourth-order valence-electron chi connectivity index (χ4n) is 2.47. The van der Waals surface area contributed by atoms with Crippen LogP contribution in [0.2, 0.25) is 0 Å². The smallest absolute Gasteiger partial charge is 0.161 e. The van der Waals surface area contributed by atoms with Gasteiger partial charge in [-0.3, -0.25) is 0 Å². The van der Waals surface area contributed by atoms with E-state index in [9.17, 15) is 0 Å². The lowest BCUT2D eigenvalue weighted by Crippen LogP contribution is -2.32. The van der Waals surface area contributed by atoms with Gasteiger partial charge in [0.1, 0.15) is 13.2 Å². The normalized spacial score (nSPS) is 16.8. The molecular formula is C16H25NO3. The molecule has 1 heterocycles. The molecule has 0 saturated carbocycles. The second kappa shape index (κ2) is 7.50. The minimum absolute atomic E-state index is 0.120. The van der Waals surface area contributed by atoms with E-state index in [1.165, 1.54) is 5.56 Å². The molecule has 4 nitrogen and oxygen atoms in total. The van der Waals surface area contributed by atoms with Crippen LogP contribution in [0.3, 0.4) is 0 Å². The lowest BCUT2D eigenvalue weighted by Gasteiger charge is -2.27. The number of rotatable bonds is 7. The molecule has 1 aromatic carbocycles. The quantitative estimate of drug-likeness (QED) is 0.833. The second-order valence-electron chi connectivity index (χ2n) is 5.00. The summed E-state index contributed by atoms with van der Waals surface area (Å²) in [6.07, 6.45) is 1.22. The average Bonchev–Trinajstić information content (AvgIpc) is 2.48. The van der Waals surface area contributed by atoms with Gasteiger partial charge in [0.05, 0.1) is 12.1 Å². The maximum Gasteiger partial charge on any atom is 0.161 e. The highest BCUT2D eigenvalue weighted by molar-refractivity contribution is 5.44. The lowest BCUT2D eigenvalue weighted by molar-refractivity contribution is 0.0471. The van der Waals surface area contributed by atoms with Crippen LogP contribution < -0.4 is 14.8 Å². The molecule has 20 heavy (non-hydrogen) atoms. The predicted octanol–water partition coefficient (Wildman–Crippen LogP) is 2.92. The van der Waals surface area contributed by atoms with Crippen LogP contribution in [0.1, 0.15) is 38.8 Å². The van der Waals surface area contributed by atoms with Crippen molar-refractivity contribution in [1.82, 2.24) is 5.32 Å². The highest BCUT2D eigenvalue weighted by atomic mass is 16.6. The van der Waals surface area contributed by atoms with Crippen molar-refractivity contribution in [2.24, 2.45) is 0 Å². The Morgan fingerprint density at radius 1 is 1.20 bits per heavy atom. The first-order chi connectivity index (χ1) is 9.76. The molecule has 0 amide bonds. The third-order valence-corrected chi connectivity index (χ3v) is 3.44. The van der Waals surface area contributed by atoms with Crippen molar-refractivity contribution in [1.29, 1.82) is 0 Å². The summed E-state index contributed by atoms with van der Waals surface area (Å²) >= 11 is 0. The van der Waals surface area contributed by atoms with Gasteiger partial charge in [-0.2, -0.15) is 0 Å². The standard InChI is InChI=1S/C16H25NO3/c1-4-8-17-16(12(3)18-5-2)13-6-7-14-15(11-13)20-10-9-19-14/h6-7,11-12,16-17H,4-5,8-10H2,1-3H3. The molecule has 0 radical (unpaired) electrons. The molecule has 112 valence electrons. The molecule has 0 spiro atoms. The summed E-state index contributed by atoms with van der Waals surface area (Å²) in [5.74, 6) is 1.67. The van der Waals surface area contributed by atoms with Gasteiger partial charge in [0, 0.05) is 6.61 Å². The van der Waals surface area contributed by atoms with Crippen LogP contribution in [-0.2, 0) is 4.74 Å². The first-order valence-corrected chi connectivity index (χ1v) is 7.50. The molecular weight excluding hydrogens is 254 g/mol. The molecule has 1 aromatic rings. The zero-order valence-electron chi connectivity index (χ0n) is 12.6. The van der Waals surface area contributed by atoms with Crippen LogP contribution in [0, 0.1) is 0 Å². The summed E-state index contributed by atoms with van der Waals surface area (Å²) < 4.78 is 17.0. The second-order valence-corrected chi connectivity index (χ2v) is 5.00. The minimum Gasteiger partial charge on any atom is -0.486 e. The number of benzene rings is 1. The van der Waals surface area contributed by atoms with Gasteiger partial charge in [-0.15, -0.1) is 0 Å². The third-order valence-electron chi connectivity index (χ3n) is 3.44. The van der Waals surface area contributed by atoms with Crippen LogP contribution >= 0.6 is 0 Å². The summed E-state index contributed by atoms with van der Waals surface area (Å²) in [6.45, 7) is 9.22. The van der Waals surface area contributed by atoms with E-state index in [0.29, 0.717) is 13.2 Å². The lowest BCUT2D eigenvalue weighted by atomic mass is 10.0. The van der Waals surface area contributed by atoms with Gasteiger partial charge in [0.2, 0.25) is 0 Å². The van der Waals surface area contributed by atoms with Crippen molar-refractivity contribution in [2.45, 2.75) is 39.3 Å². The van der Waals surface area contributed by atoms with Crippen LogP contribution in [-0.4, -0.2) is 32.5 Å². The molecule has 2 atom stereocenters. The summed E-state index contributed by atoms with van der Waals surface area (Å²) in [6, 6.07) is 6.32. The van der Waals surface area contributed by atoms with Crippen molar-refractivity contribution in [3.8, 4) is 11.5 Å². The van der Waals surface area contributed by atoms with Crippen molar-refractivity contribution in [3.05, 3.63) is 23.8 Å². The van der Waals surface area contributed by atoms with E-state index in [1.807, 2.05) is 13.0 Å². The van der Waals surface area contributed by atoms with Gasteiger partial charge in [0.15, 0.2) is 11.5 Å². The van der Waals surface area contributed by atoms with Crippen molar-refractivity contribution >= 4 is 0 Å². The number of hydrogen-bond acceptors (Lipinski definition) is 4. The highest BCUT2D eigenvalue weighted by Crippen LogP contribution is 2.33. The van der Waals surface area contributed by atoms with E-state index in [0.717, 1.165) is 31.1 Å². The Bertz CT molecular complexity index is 422. The Kier molecular flexibility index (Phi) is 5.68. The van der Waals surface area contributed by atoms with Crippen LogP contribution in [0.15, 0.2) is 18.2 Å². The molecule has 0 aromatic heterocycles. The first-order valence-electron chi connectivity index (χ1n) is 7.50. The molecule has 0 aliphatic carbocycles. The van der Waals surface area contributed by atoms with E-state index in [1.54, 1.807) is 0 Å². The third kappa shape index (κ3) is 3.64. The van der Waals surface area contributed by atoms with Gasteiger partial charge < -0.3 is 19.5 Å². The zero-order chi connectivity index (χ0) is 14.4. The SMILES string of the molecule is CCCNC(c1ccc2c(c1)OCCO2)C(C)OCC. The number of hydrogen-bond donors (Lipinski definition) is 1. The van der Waals surface area contributed by atoms with E-state index >= 15 is 0 Å². The molecule has 4 heteroatoms. The molecule has 0 fully saturated rings. The van der Waals surface area contributed by atoms with Gasteiger partial charge in [-0.1, -0.05) is 13.0 Å². The van der Waals surface area contributed by atoms with Crippen LogP contribution in [0.5, 0.6) is 11.5 Å². The van der Waals surface area contributed by atoms with E-state index in [4.69, 9.17) is 14.2 Å². The largest absolute Gasteiger partial charge is 0.486 e. The van der Waals surface area contributed by atoms with Gasteiger partial charge in [-0.05, 0) is 44.5 Å². The summed E-state index contributed by atoms with van der Waals surface area (Å²) in [7, 11) is 0. The molecule has 1 aliphatic rings. The van der Waals surface area contributed by atoms with Crippen molar-refractivity contribution < 1.29 is 14.2 Å².